The van der Waals surface area contributed by atoms with E-state index in [-0.39, 0.29) is 48.0 Å². The number of piperidine rings is 1. The number of rotatable bonds is 7. The molecule has 162 valence electrons. The predicted molar refractivity (Wildman–Crippen MR) is 115 cm³/mol. The first-order chi connectivity index (χ1) is 15.4. The van der Waals surface area contributed by atoms with E-state index in [1.165, 1.54) is 0 Å². The van der Waals surface area contributed by atoms with Gasteiger partial charge in [0.2, 0.25) is 11.9 Å². The van der Waals surface area contributed by atoms with E-state index in [2.05, 4.69) is 10.6 Å². The summed E-state index contributed by atoms with van der Waals surface area (Å²) in [4.78, 5) is 48.1. The number of amides is 4. The number of nitrogens with one attached hydrogen (secondary N) is 2. The van der Waals surface area contributed by atoms with Crippen LogP contribution in [0.1, 0.15) is 40.7 Å². The Labute approximate surface area is 199 Å². The van der Waals surface area contributed by atoms with Crippen molar-refractivity contribution in [2.24, 2.45) is 0 Å². The second-order valence-electron chi connectivity index (χ2n) is 7.71. The molecule has 1 atom stereocenters. The number of hydrogen-bond donors (Lipinski definition) is 3. The molecule has 2 aromatic rings. The van der Waals surface area contributed by atoms with Gasteiger partial charge in [-0.05, 0) is 6.07 Å². The van der Waals surface area contributed by atoms with Crippen molar-refractivity contribution < 1.29 is 33.6 Å². The first-order valence-corrected chi connectivity index (χ1v) is 12.5. The molecule has 0 bridgehead atoms. The number of imide groups is 1. The monoisotopic (exact) mass is 628 g/mol. The average molecular weight is 628 g/mol. The van der Waals surface area contributed by atoms with Crippen molar-refractivity contribution in [2.75, 3.05) is 13.2 Å². The number of carbonyl (C=O) groups is 4. The maximum atomic E-state index is 13.2. The fourth-order valence-corrected chi connectivity index (χ4v) is 4.64. The molecule has 2 aliphatic rings. The average Bonchev–Trinajstić information content (AvgIpc) is 2.75. The van der Waals surface area contributed by atoms with Crippen molar-refractivity contribution >= 4 is 63.6 Å². The second-order valence-corrected chi connectivity index (χ2v) is 9.75. The van der Waals surface area contributed by atoms with E-state index in [0.717, 1.165) is 15.5 Å². The van der Waals surface area contributed by atoms with Crippen molar-refractivity contribution in [1.82, 2.24) is 10.6 Å². The van der Waals surface area contributed by atoms with E-state index in [1.54, 1.807) is 18.2 Å². The Bertz CT molecular complexity index is 1180. The van der Waals surface area contributed by atoms with E-state index in [9.17, 15) is 24.3 Å². The summed E-state index contributed by atoms with van der Waals surface area (Å²) in [6.07, 6.45) is 0.934. The van der Waals surface area contributed by atoms with E-state index in [1.807, 2.05) is 12.1 Å². The summed E-state index contributed by atoms with van der Waals surface area (Å²) in [6.45, 7) is 1.33. The van der Waals surface area contributed by atoms with Gasteiger partial charge < -0.3 is 0 Å². The topological polar surface area (TPSA) is 125 Å². The van der Waals surface area contributed by atoms with Gasteiger partial charge in [0.1, 0.15) is 0 Å². The van der Waals surface area contributed by atoms with Gasteiger partial charge in [-0.3, -0.25) is 14.9 Å². The van der Waals surface area contributed by atoms with Crippen LogP contribution in [0.15, 0.2) is 30.3 Å². The molecule has 0 saturated carbocycles. The van der Waals surface area contributed by atoms with Crippen LogP contribution in [-0.4, -0.2) is 81.7 Å². The quantitative estimate of drug-likeness (QED) is 0.181. The summed E-state index contributed by atoms with van der Waals surface area (Å²) in [7, 11) is 0. The van der Waals surface area contributed by atoms with Crippen LogP contribution in [-0.2, 0) is 20.9 Å². The molecule has 1 unspecified atom stereocenters. The van der Waals surface area contributed by atoms with Gasteiger partial charge >= 0.3 is 143 Å². The number of hydrogen-bond acceptors (Lipinski definition) is 5. The van der Waals surface area contributed by atoms with Crippen LogP contribution < -0.4 is 10.6 Å². The van der Waals surface area contributed by atoms with Crippen molar-refractivity contribution in [3.63, 3.8) is 0 Å². The second kappa shape index (κ2) is 9.45. The Hall–Kier alpha value is -2.67. The molecular formula is C22H21N3O6Tl+. The molecule has 0 spiro atoms. The zero-order valence-electron chi connectivity index (χ0n) is 17.2. The fourth-order valence-electron chi connectivity index (χ4n) is 4.08. The third kappa shape index (κ3) is 4.44. The number of benzene rings is 2. The summed E-state index contributed by atoms with van der Waals surface area (Å²) >= 11 is 0.274. The normalized spacial score (nSPS) is 18.1. The molecule has 2 aliphatic heterocycles. The third-order valence-electron chi connectivity index (χ3n) is 5.51. The zero-order chi connectivity index (χ0) is 22.8. The minimum atomic E-state index is -0.957. The van der Waals surface area contributed by atoms with Crippen LogP contribution in [0.4, 0.5) is 4.79 Å². The molecule has 0 aliphatic carbocycles. The van der Waals surface area contributed by atoms with E-state index in [0.29, 0.717) is 42.7 Å². The molecule has 9 nitrogen and oxygen atoms in total. The molecule has 2 heterocycles. The molecular weight excluding hydrogens is 607 g/mol. The van der Waals surface area contributed by atoms with E-state index >= 15 is 0 Å². The van der Waals surface area contributed by atoms with E-state index in [4.69, 9.17) is 4.74 Å². The van der Waals surface area contributed by atoms with Gasteiger partial charge in [0.15, 0.2) is 0 Å². The Morgan fingerprint density at radius 2 is 2.06 bits per heavy atom. The van der Waals surface area contributed by atoms with Gasteiger partial charge in [-0.25, -0.2) is 4.79 Å². The maximum absolute atomic E-state index is 13.2. The molecule has 4 amide bonds. The van der Waals surface area contributed by atoms with Gasteiger partial charge in [0.05, 0.1) is 0 Å². The Morgan fingerprint density at radius 1 is 1.25 bits per heavy atom. The van der Waals surface area contributed by atoms with E-state index < -0.39 is 23.8 Å². The van der Waals surface area contributed by atoms with Crippen LogP contribution in [0.3, 0.4) is 0 Å². The van der Waals surface area contributed by atoms with Crippen molar-refractivity contribution in [2.45, 2.75) is 31.9 Å². The van der Waals surface area contributed by atoms with Gasteiger partial charge in [-0.2, -0.15) is 0 Å². The number of aliphatic hydroxyl groups excluding tert-OH is 1. The summed E-state index contributed by atoms with van der Waals surface area (Å²) in [5.74, 6) is -1.76. The summed E-state index contributed by atoms with van der Waals surface area (Å²) in [6, 6.07) is 7.99. The van der Waals surface area contributed by atoms with Crippen LogP contribution in [0.5, 0.6) is 0 Å². The molecule has 3 N–H and O–H groups in total. The van der Waals surface area contributed by atoms with Crippen LogP contribution in [0.2, 0.25) is 0 Å². The first-order valence-electron chi connectivity index (χ1n) is 10.3. The number of carbonyl (C=O) groups excluding carboxylic acids is 4. The Balaban J connectivity index is 1.63. The molecule has 1 fully saturated rings. The van der Waals surface area contributed by atoms with Crippen LogP contribution in [0.25, 0.3) is 10.8 Å². The number of ether oxygens (including phenoxy) is 1. The molecule has 10 heteroatoms. The summed E-state index contributed by atoms with van der Waals surface area (Å²) in [5, 5.41) is 17.5. The van der Waals surface area contributed by atoms with Crippen molar-refractivity contribution in [3.05, 3.63) is 47.0 Å². The molecule has 4 rings (SSSR count). The molecule has 2 aromatic carbocycles. The van der Waals surface area contributed by atoms with Gasteiger partial charge in [-0.1, -0.05) is 0 Å². The van der Waals surface area contributed by atoms with Crippen molar-refractivity contribution in [1.29, 1.82) is 0 Å². The summed E-state index contributed by atoms with van der Waals surface area (Å²) < 4.78 is 6.88. The predicted octanol–water partition coefficient (Wildman–Crippen LogP) is 0.901. The molecule has 0 aromatic heterocycles. The van der Waals surface area contributed by atoms with Gasteiger partial charge in [0, 0.05) is 12.8 Å². The first kappa shape index (κ1) is 22.5. The SMILES string of the molecule is O=[C]([Tl])NCCCOCc1cc2c3c(cccc3c1)C(=O)[N+](C1CCC(=O)NC1=O)=C2O. The van der Waals surface area contributed by atoms with Crippen LogP contribution in [0, 0.1) is 0 Å². The minimum absolute atomic E-state index is 0.0792. The number of nitrogens with zero attached hydrogens (tertiary/aromatic N) is 1. The molecule has 1 saturated heterocycles. The Morgan fingerprint density at radius 3 is 2.81 bits per heavy atom. The summed E-state index contributed by atoms with van der Waals surface area (Å²) in [5.41, 5.74) is 1.65. The fraction of sp³-hybridized carbons (Fsp3) is 0.318. The number of aliphatic hydroxyl groups is 1. The van der Waals surface area contributed by atoms with Gasteiger partial charge in [-0.15, -0.1) is 0 Å². The molecule has 32 heavy (non-hydrogen) atoms. The van der Waals surface area contributed by atoms with Crippen molar-refractivity contribution in [3.8, 4) is 0 Å². The standard InChI is InChI=1S/C22H20N3O6.Tl/c26-12-23-7-2-8-31-11-13-9-14-3-1-4-15-19(14)16(10-13)22(30)25(21(15)29)17-5-6-18(27)24-20(17)28;/h1,3-4,9-10,17H,2,5-8,11H2,(H2,23,24,26,27,28);/p+1. The molecule has 0 radical (unpaired) electrons. The van der Waals surface area contributed by atoms with Gasteiger partial charge in [0.25, 0.3) is 5.91 Å². The Kier molecular flexibility index (Phi) is 6.65. The zero-order valence-corrected chi connectivity index (χ0v) is 21.7. The van der Waals surface area contributed by atoms with Crippen LogP contribution >= 0.6 is 0 Å². The third-order valence-corrected chi connectivity index (χ3v) is 6.30.